The molecule has 0 atom stereocenters. The van der Waals surface area contributed by atoms with Crippen LogP contribution in [0.1, 0.15) is 10.4 Å². The molecule has 140 valence electrons. The molecule has 2 aromatic heterocycles. The number of pyridine rings is 1. The van der Waals surface area contributed by atoms with Gasteiger partial charge in [-0.2, -0.15) is 4.98 Å². The van der Waals surface area contributed by atoms with Crippen LogP contribution in [-0.2, 0) is 0 Å². The molecule has 7 nitrogen and oxygen atoms in total. The van der Waals surface area contributed by atoms with Gasteiger partial charge in [-0.15, -0.1) is 0 Å². The van der Waals surface area contributed by atoms with Crippen molar-refractivity contribution in [2.75, 3.05) is 19.5 Å². The predicted octanol–water partition coefficient (Wildman–Crippen LogP) is 4.16. The first-order valence-corrected chi connectivity index (χ1v) is 8.53. The highest BCUT2D eigenvalue weighted by Gasteiger charge is 2.14. The van der Waals surface area contributed by atoms with Crippen molar-refractivity contribution in [2.24, 2.45) is 0 Å². The molecule has 0 saturated carbocycles. The maximum absolute atomic E-state index is 12.6. The zero-order valence-electron chi connectivity index (χ0n) is 15.3. The van der Waals surface area contributed by atoms with Gasteiger partial charge in [0, 0.05) is 17.3 Å². The Morgan fingerprint density at radius 3 is 2.57 bits per heavy atom. The molecule has 1 amide bonds. The van der Waals surface area contributed by atoms with Gasteiger partial charge < -0.3 is 19.2 Å². The summed E-state index contributed by atoms with van der Waals surface area (Å²) in [5.41, 5.74) is 2.83. The number of nitrogens with one attached hydrogen (secondary N) is 1. The number of methoxy groups -OCH3 is 2. The van der Waals surface area contributed by atoms with E-state index in [4.69, 9.17) is 13.9 Å². The molecule has 0 fully saturated rings. The predicted molar refractivity (Wildman–Crippen MR) is 105 cm³/mol. The van der Waals surface area contributed by atoms with Gasteiger partial charge in [-0.1, -0.05) is 0 Å². The Hall–Kier alpha value is -3.87. The zero-order chi connectivity index (χ0) is 19.5. The lowest BCUT2D eigenvalue weighted by atomic mass is 10.1. The van der Waals surface area contributed by atoms with E-state index in [0.717, 1.165) is 0 Å². The second-order valence-electron chi connectivity index (χ2n) is 5.94. The monoisotopic (exact) mass is 375 g/mol. The standard InChI is InChI=1S/C21H17N3O4/c1-26-15-8-5-13(6-9-15)20(25)23-16-12-14(7-10-17(16)27-2)21-24-19-18(28-21)4-3-11-22-19/h3-12H,1-2H3,(H,23,25). The van der Waals surface area contributed by atoms with E-state index in [1.165, 1.54) is 0 Å². The van der Waals surface area contributed by atoms with Crippen LogP contribution in [-0.4, -0.2) is 30.1 Å². The molecule has 0 spiro atoms. The van der Waals surface area contributed by atoms with E-state index in [9.17, 15) is 4.79 Å². The fourth-order valence-corrected chi connectivity index (χ4v) is 2.77. The Labute approximate surface area is 160 Å². The Kier molecular flexibility index (Phi) is 4.63. The summed E-state index contributed by atoms with van der Waals surface area (Å²) in [4.78, 5) is 21.2. The fourth-order valence-electron chi connectivity index (χ4n) is 2.77. The molecule has 4 aromatic rings. The lowest BCUT2D eigenvalue weighted by Gasteiger charge is -2.11. The first-order chi connectivity index (χ1) is 13.7. The first kappa shape index (κ1) is 17.5. The van der Waals surface area contributed by atoms with E-state index in [1.54, 1.807) is 68.9 Å². The van der Waals surface area contributed by atoms with Crippen molar-refractivity contribution in [1.82, 2.24) is 9.97 Å². The van der Waals surface area contributed by atoms with Gasteiger partial charge in [0.15, 0.2) is 11.2 Å². The lowest BCUT2D eigenvalue weighted by molar-refractivity contribution is 0.102. The van der Waals surface area contributed by atoms with E-state index in [0.29, 0.717) is 45.4 Å². The van der Waals surface area contributed by atoms with Crippen LogP contribution in [0.5, 0.6) is 11.5 Å². The minimum Gasteiger partial charge on any atom is -0.497 e. The van der Waals surface area contributed by atoms with Crippen LogP contribution in [0.25, 0.3) is 22.7 Å². The Morgan fingerprint density at radius 1 is 1.04 bits per heavy atom. The van der Waals surface area contributed by atoms with E-state index < -0.39 is 0 Å². The molecule has 28 heavy (non-hydrogen) atoms. The van der Waals surface area contributed by atoms with Crippen molar-refractivity contribution in [3.63, 3.8) is 0 Å². The maximum atomic E-state index is 12.6. The number of carbonyl (C=O) groups excluding carboxylic acids is 1. The van der Waals surface area contributed by atoms with Crippen LogP contribution < -0.4 is 14.8 Å². The van der Waals surface area contributed by atoms with E-state index in [-0.39, 0.29) is 5.91 Å². The number of oxazole rings is 1. The minimum atomic E-state index is -0.266. The molecule has 0 unspecified atom stereocenters. The third-order valence-corrected chi connectivity index (χ3v) is 4.21. The molecule has 7 heteroatoms. The molecular weight excluding hydrogens is 358 g/mol. The highest BCUT2D eigenvalue weighted by Crippen LogP contribution is 2.32. The van der Waals surface area contributed by atoms with Crippen molar-refractivity contribution < 1.29 is 18.7 Å². The molecule has 1 N–H and O–H groups in total. The van der Waals surface area contributed by atoms with Crippen molar-refractivity contribution in [2.45, 2.75) is 0 Å². The summed E-state index contributed by atoms with van der Waals surface area (Å²) >= 11 is 0. The second-order valence-corrected chi connectivity index (χ2v) is 5.94. The van der Waals surface area contributed by atoms with E-state index >= 15 is 0 Å². The molecule has 2 heterocycles. The van der Waals surface area contributed by atoms with Crippen molar-refractivity contribution >= 4 is 22.8 Å². The number of anilines is 1. The molecule has 0 bridgehead atoms. The molecule has 4 rings (SSSR count). The summed E-state index contributed by atoms with van der Waals surface area (Å²) in [5.74, 6) is 1.36. The zero-order valence-corrected chi connectivity index (χ0v) is 15.3. The molecule has 0 radical (unpaired) electrons. The van der Waals surface area contributed by atoms with Gasteiger partial charge in [-0.3, -0.25) is 4.79 Å². The number of hydrogen-bond acceptors (Lipinski definition) is 6. The minimum absolute atomic E-state index is 0.266. The van der Waals surface area contributed by atoms with Gasteiger partial charge >= 0.3 is 0 Å². The Morgan fingerprint density at radius 2 is 1.86 bits per heavy atom. The summed E-state index contributed by atoms with van der Waals surface area (Å²) < 4.78 is 16.2. The molecule has 2 aromatic carbocycles. The van der Waals surface area contributed by atoms with E-state index in [1.807, 2.05) is 6.07 Å². The SMILES string of the molecule is COc1ccc(C(=O)Nc2cc(-c3nc4ncccc4o3)ccc2OC)cc1. The summed E-state index contributed by atoms with van der Waals surface area (Å²) in [5, 5.41) is 2.87. The maximum Gasteiger partial charge on any atom is 0.255 e. The smallest absolute Gasteiger partial charge is 0.255 e. The third kappa shape index (κ3) is 3.37. The number of rotatable bonds is 5. The van der Waals surface area contributed by atoms with Gasteiger partial charge in [-0.25, -0.2) is 4.98 Å². The summed E-state index contributed by atoms with van der Waals surface area (Å²) in [7, 11) is 3.12. The van der Waals surface area contributed by atoms with Crippen LogP contribution in [0, 0.1) is 0 Å². The number of benzene rings is 2. The van der Waals surface area contributed by atoms with Crippen LogP contribution in [0.4, 0.5) is 5.69 Å². The van der Waals surface area contributed by atoms with Crippen LogP contribution in [0.15, 0.2) is 65.2 Å². The van der Waals surface area contributed by atoms with Crippen LogP contribution in [0.2, 0.25) is 0 Å². The van der Waals surface area contributed by atoms with Crippen molar-refractivity contribution in [1.29, 1.82) is 0 Å². The number of aromatic nitrogens is 2. The highest BCUT2D eigenvalue weighted by molar-refractivity contribution is 6.05. The van der Waals surface area contributed by atoms with E-state index in [2.05, 4.69) is 15.3 Å². The number of hydrogen-bond donors (Lipinski definition) is 1. The normalized spacial score (nSPS) is 10.6. The number of fused-ring (bicyclic) bond motifs is 1. The Bertz CT molecular complexity index is 1100. The molecule has 0 aliphatic rings. The van der Waals surface area contributed by atoms with Crippen molar-refractivity contribution in [3.05, 3.63) is 66.4 Å². The van der Waals surface area contributed by atoms with Crippen molar-refractivity contribution in [3.8, 4) is 23.0 Å². The van der Waals surface area contributed by atoms with Crippen LogP contribution >= 0.6 is 0 Å². The van der Waals surface area contributed by atoms with Gasteiger partial charge in [0.1, 0.15) is 11.5 Å². The number of carbonyl (C=O) groups is 1. The average Bonchev–Trinajstić information content (AvgIpc) is 3.18. The van der Waals surface area contributed by atoms with Gasteiger partial charge in [0.25, 0.3) is 5.91 Å². The first-order valence-electron chi connectivity index (χ1n) is 8.53. The molecule has 0 saturated heterocycles. The van der Waals surface area contributed by atoms with Gasteiger partial charge in [-0.05, 0) is 54.6 Å². The summed E-state index contributed by atoms with van der Waals surface area (Å²) in [6, 6.07) is 15.7. The fraction of sp³-hybridized carbons (Fsp3) is 0.0952. The van der Waals surface area contributed by atoms with Gasteiger partial charge in [0.2, 0.25) is 5.89 Å². The number of ether oxygens (including phenoxy) is 2. The average molecular weight is 375 g/mol. The molecule has 0 aliphatic carbocycles. The molecule has 0 aliphatic heterocycles. The summed E-state index contributed by atoms with van der Waals surface area (Å²) in [6.45, 7) is 0. The molecular formula is C21H17N3O4. The number of nitrogens with zero attached hydrogens (tertiary/aromatic N) is 2. The number of amides is 1. The Balaban J connectivity index is 1.65. The second kappa shape index (κ2) is 7.40. The quantitative estimate of drug-likeness (QED) is 0.564. The van der Waals surface area contributed by atoms with Crippen LogP contribution in [0.3, 0.4) is 0 Å². The lowest BCUT2D eigenvalue weighted by Crippen LogP contribution is -2.12. The van der Waals surface area contributed by atoms with Gasteiger partial charge in [0.05, 0.1) is 19.9 Å². The largest absolute Gasteiger partial charge is 0.497 e. The highest BCUT2D eigenvalue weighted by atomic mass is 16.5. The topological polar surface area (TPSA) is 86.5 Å². The third-order valence-electron chi connectivity index (χ3n) is 4.21. The summed E-state index contributed by atoms with van der Waals surface area (Å²) in [6.07, 6.45) is 1.66.